The summed E-state index contributed by atoms with van der Waals surface area (Å²) in [5.74, 6) is 0.947. The quantitative estimate of drug-likeness (QED) is 0.736. The van der Waals surface area contributed by atoms with Crippen molar-refractivity contribution >= 4 is 15.9 Å². The smallest absolute Gasteiger partial charge is 0.122 e. The average molecular weight is 282 g/mol. The molecule has 0 spiro atoms. The van der Waals surface area contributed by atoms with Crippen LogP contribution in [0.15, 0.2) is 22.7 Å². The van der Waals surface area contributed by atoms with Gasteiger partial charge in [-0.25, -0.2) is 0 Å². The Labute approximate surface area is 105 Å². The normalized spacial score (nSPS) is 9.81. The first-order chi connectivity index (χ1) is 7.77. The van der Waals surface area contributed by atoms with E-state index in [2.05, 4.69) is 35.0 Å². The number of aryl methyl sites for hydroxylation is 1. The highest BCUT2D eigenvalue weighted by Gasteiger charge is 2.04. The summed E-state index contributed by atoms with van der Waals surface area (Å²) >= 11 is 3.45. The fraction of sp³-hybridized carbons (Fsp3) is 0.462. The molecule has 0 bridgehead atoms. The number of rotatable bonds is 6. The van der Waals surface area contributed by atoms with E-state index in [0.717, 1.165) is 36.1 Å². The highest BCUT2D eigenvalue weighted by Crippen LogP contribution is 2.25. The van der Waals surface area contributed by atoms with Crippen LogP contribution in [0.1, 0.15) is 31.7 Å². The maximum absolute atomic E-state index is 8.52. The van der Waals surface area contributed by atoms with E-state index in [0.29, 0.717) is 6.42 Å². The van der Waals surface area contributed by atoms with Gasteiger partial charge in [0, 0.05) is 10.9 Å². The Morgan fingerprint density at radius 1 is 1.44 bits per heavy atom. The molecule has 0 unspecified atom stereocenters. The Kier molecular flexibility index (Phi) is 5.95. The van der Waals surface area contributed by atoms with E-state index < -0.39 is 0 Å². The van der Waals surface area contributed by atoms with E-state index in [-0.39, 0.29) is 0 Å². The number of hydrogen-bond donors (Lipinski definition) is 0. The molecule has 1 aromatic carbocycles. The lowest BCUT2D eigenvalue weighted by Gasteiger charge is -2.10. The van der Waals surface area contributed by atoms with Gasteiger partial charge in [-0.2, -0.15) is 5.26 Å². The summed E-state index contributed by atoms with van der Waals surface area (Å²) in [6.07, 6.45) is 3.38. The molecular formula is C13H16BrNO. The Bertz CT molecular complexity index is 371. The summed E-state index contributed by atoms with van der Waals surface area (Å²) in [5, 5.41) is 8.52. The lowest BCUT2D eigenvalue weighted by Crippen LogP contribution is -1.99. The molecule has 16 heavy (non-hydrogen) atoms. The van der Waals surface area contributed by atoms with Crippen LogP contribution in [0.25, 0.3) is 0 Å². The summed E-state index contributed by atoms with van der Waals surface area (Å²) in [6, 6.07) is 8.21. The Morgan fingerprint density at radius 3 is 2.94 bits per heavy atom. The van der Waals surface area contributed by atoms with Gasteiger partial charge in [0.2, 0.25) is 0 Å². The second kappa shape index (κ2) is 7.29. The van der Waals surface area contributed by atoms with Crippen molar-refractivity contribution in [3.05, 3.63) is 28.2 Å². The summed E-state index contributed by atoms with van der Waals surface area (Å²) in [4.78, 5) is 0. The molecule has 86 valence electrons. The number of hydrogen-bond acceptors (Lipinski definition) is 2. The zero-order valence-electron chi connectivity index (χ0n) is 9.50. The van der Waals surface area contributed by atoms with Crippen LogP contribution in [0.4, 0.5) is 0 Å². The minimum absolute atomic E-state index is 0.597. The third-order valence-corrected chi connectivity index (χ3v) is 2.71. The maximum atomic E-state index is 8.52. The van der Waals surface area contributed by atoms with Crippen LogP contribution in [0.2, 0.25) is 0 Å². The van der Waals surface area contributed by atoms with Crippen molar-refractivity contribution < 1.29 is 4.74 Å². The molecule has 2 nitrogen and oxygen atoms in total. The van der Waals surface area contributed by atoms with Crippen molar-refractivity contribution in [2.24, 2.45) is 0 Å². The molecule has 0 amide bonds. The van der Waals surface area contributed by atoms with Gasteiger partial charge < -0.3 is 4.74 Å². The molecule has 1 aromatic rings. The molecular weight excluding hydrogens is 266 g/mol. The van der Waals surface area contributed by atoms with Crippen LogP contribution >= 0.6 is 15.9 Å². The SMILES string of the molecule is CCCOc1ccc(Br)cc1CCCC#N. The summed E-state index contributed by atoms with van der Waals surface area (Å²) < 4.78 is 6.73. The van der Waals surface area contributed by atoms with Gasteiger partial charge in [-0.3, -0.25) is 0 Å². The monoisotopic (exact) mass is 281 g/mol. The van der Waals surface area contributed by atoms with Crippen molar-refractivity contribution in [2.45, 2.75) is 32.6 Å². The van der Waals surface area contributed by atoms with E-state index in [9.17, 15) is 0 Å². The predicted molar refractivity (Wildman–Crippen MR) is 68.5 cm³/mol. The van der Waals surface area contributed by atoms with Crippen LogP contribution < -0.4 is 4.74 Å². The fourth-order valence-corrected chi connectivity index (χ4v) is 1.86. The molecule has 0 N–H and O–H groups in total. The number of halogens is 1. The third kappa shape index (κ3) is 4.24. The molecule has 0 radical (unpaired) electrons. The third-order valence-electron chi connectivity index (χ3n) is 2.22. The molecule has 0 atom stereocenters. The first-order valence-corrected chi connectivity index (χ1v) is 6.35. The molecule has 0 heterocycles. The first-order valence-electron chi connectivity index (χ1n) is 5.56. The molecule has 3 heteroatoms. The van der Waals surface area contributed by atoms with E-state index in [1.807, 2.05) is 12.1 Å². The molecule has 0 aliphatic heterocycles. The van der Waals surface area contributed by atoms with E-state index >= 15 is 0 Å². The Hall–Kier alpha value is -1.01. The van der Waals surface area contributed by atoms with Crippen molar-refractivity contribution in [2.75, 3.05) is 6.61 Å². The van der Waals surface area contributed by atoms with Gasteiger partial charge in [-0.05, 0) is 43.0 Å². The number of ether oxygens (including phenoxy) is 1. The second-order valence-corrected chi connectivity index (χ2v) is 4.53. The molecule has 0 fully saturated rings. The van der Waals surface area contributed by atoms with Crippen LogP contribution in [-0.2, 0) is 6.42 Å². The molecule has 0 aromatic heterocycles. The van der Waals surface area contributed by atoms with Crippen LogP contribution in [0.3, 0.4) is 0 Å². The van der Waals surface area contributed by atoms with Crippen molar-refractivity contribution in [1.29, 1.82) is 5.26 Å². The van der Waals surface area contributed by atoms with Crippen LogP contribution in [-0.4, -0.2) is 6.61 Å². The zero-order valence-corrected chi connectivity index (χ0v) is 11.1. The number of unbranched alkanes of at least 4 members (excludes halogenated alkanes) is 1. The highest BCUT2D eigenvalue weighted by atomic mass is 79.9. The molecule has 1 rings (SSSR count). The summed E-state index contributed by atoms with van der Waals surface area (Å²) in [6.45, 7) is 2.83. The standard InChI is InChI=1S/C13H16BrNO/c1-2-9-16-13-7-6-12(14)10-11(13)5-3-4-8-15/h6-7,10H,2-5,9H2,1H3. The number of nitriles is 1. The van der Waals surface area contributed by atoms with Gasteiger partial charge in [0.05, 0.1) is 12.7 Å². The van der Waals surface area contributed by atoms with Crippen molar-refractivity contribution in [1.82, 2.24) is 0 Å². The Morgan fingerprint density at radius 2 is 2.25 bits per heavy atom. The largest absolute Gasteiger partial charge is 0.493 e. The van der Waals surface area contributed by atoms with Crippen molar-refractivity contribution in [3.63, 3.8) is 0 Å². The zero-order chi connectivity index (χ0) is 11.8. The lowest BCUT2D eigenvalue weighted by molar-refractivity contribution is 0.314. The topological polar surface area (TPSA) is 33.0 Å². The van der Waals surface area contributed by atoms with Gasteiger partial charge in [0.25, 0.3) is 0 Å². The molecule has 0 aliphatic carbocycles. The first kappa shape index (κ1) is 13.1. The summed E-state index contributed by atoms with van der Waals surface area (Å²) in [5.41, 5.74) is 1.18. The Balaban J connectivity index is 2.69. The van der Waals surface area contributed by atoms with Gasteiger partial charge in [-0.1, -0.05) is 22.9 Å². The second-order valence-electron chi connectivity index (χ2n) is 3.61. The minimum Gasteiger partial charge on any atom is -0.493 e. The van der Waals surface area contributed by atoms with Crippen LogP contribution in [0.5, 0.6) is 5.75 Å². The van der Waals surface area contributed by atoms with Gasteiger partial charge in [0.1, 0.15) is 5.75 Å². The highest BCUT2D eigenvalue weighted by molar-refractivity contribution is 9.10. The van der Waals surface area contributed by atoms with Crippen LogP contribution in [0, 0.1) is 11.3 Å². The maximum Gasteiger partial charge on any atom is 0.122 e. The van der Waals surface area contributed by atoms with Gasteiger partial charge >= 0.3 is 0 Å². The minimum atomic E-state index is 0.597. The predicted octanol–water partition coefficient (Wildman–Crippen LogP) is 4.08. The van der Waals surface area contributed by atoms with E-state index in [4.69, 9.17) is 10.00 Å². The van der Waals surface area contributed by atoms with Crippen molar-refractivity contribution in [3.8, 4) is 11.8 Å². The van der Waals surface area contributed by atoms with E-state index in [1.54, 1.807) is 0 Å². The van der Waals surface area contributed by atoms with Gasteiger partial charge in [0.15, 0.2) is 0 Å². The summed E-state index contributed by atoms with van der Waals surface area (Å²) in [7, 11) is 0. The number of nitrogens with zero attached hydrogens (tertiary/aromatic N) is 1. The number of benzene rings is 1. The molecule has 0 aliphatic rings. The average Bonchev–Trinajstić information content (AvgIpc) is 2.28. The fourth-order valence-electron chi connectivity index (χ4n) is 1.45. The van der Waals surface area contributed by atoms with E-state index in [1.165, 1.54) is 5.56 Å². The van der Waals surface area contributed by atoms with Gasteiger partial charge in [-0.15, -0.1) is 0 Å². The molecule has 0 saturated heterocycles. The lowest BCUT2D eigenvalue weighted by atomic mass is 10.1. The molecule has 0 saturated carbocycles.